The number of rotatable bonds is 7. The van der Waals surface area contributed by atoms with Gasteiger partial charge in [-0.15, -0.1) is 0 Å². The van der Waals surface area contributed by atoms with Gasteiger partial charge < -0.3 is 15.2 Å². The first-order chi connectivity index (χ1) is 8.19. The molecule has 0 aliphatic carbocycles. The summed E-state index contributed by atoms with van der Waals surface area (Å²) in [6, 6.07) is 6.28. The van der Waals surface area contributed by atoms with Crippen LogP contribution in [-0.4, -0.2) is 25.4 Å². The highest BCUT2D eigenvalue weighted by Crippen LogP contribution is 2.28. The molecule has 0 bridgehead atoms. The van der Waals surface area contributed by atoms with Gasteiger partial charge in [0.2, 0.25) is 0 Å². The van der Waals surface area contributed by atoms with E-state index < -0.39 is 0 Å². The van der Waals surface area contributed by atoms with Crippen LogP contribution in [0.3, 0.4) is 0 Å². The molecular weight excluding hydrogens is 282 g/mol. The average Bonchev–Trinajstić information content (AvgIpc) is 2.35. The van der Waals surface area contributed by atoms with Gasteiger partial charge in [0.1, 0.15) is 5.75 Å². The molecule has 0 fully saturated rings. The topological polar surface area (TPSA) is 41.5 Å². The van der Waals surface area contributed by atoms with Crippen LogP contribution in [0.15, 0.2) is 22.7 Å². The van der Waals surface area contributed by atoms with Crippen molar-refractivity contribution in [1.82, 2.24) is 5.32 Å². The summed E-state index contributed by atoms with van der Waals surface area (Å²) in [5, 5.41) is 11.9. The van der Waals surface area contributed by atoms with Crippen molar-refractivity contribution >= 4 is 15.9 Å². The molecule has 3 nitrogen and oxygen atoms in total. The fourth-order valence-electron chi connectivity index (χ4n) is 1.54. The third-order valence-electron chi connectivity index (χ3n) is 2.68. The molecule has 1 aromatic carbocycles. The Morgan fingerprint density at radius 1 is 1.41 bits per heavy atom. The predicted octanol–water partition coefficient (Wildman–Crippen LogP) is 2.88. The van der Waals surface area contributed by atoms with Crippen LogP contribution in [0.5, 0.6) is 5.75 Å². The number of halogens is 1. The van der Waals surface area contributed by atoms with Gasteiger partial charge >= 0.3 is 0 Å². The summed E-state index contributed by atoms with van der Waals surface area (Å²) in [6.07, 6.45) is 1.66. The lowest BCUT2D eigenvalue weighted by atomic mass is 10.1. The van der Waals surface area contributed by atoms with Crippen molar-refractivity contribution in [3.63, 3.8) is 0 Å². The van der Waals surface area contributed by atoms with Gasteiger partial charge in [0, 0.05) is 22.7 Å². The van der Waals surface area contributed by atoms with E-state index in [0.29, 0.717) is 6.61 Å². The van der Waals surface area contributed by atoms with Crippen LogP contribution in [0.2, 0.25) is 0 Å². The Morgan fingerprint density at radius 3 is 2.82 bits per heavy atom. The first-order valence-electron chi connectivity index (χ1n) is 5.89. The summed E-state index contributed by atoms with van der Waals surface area (Å²) in [6.45, 7) is 2.97. The smallest absolute Gasteiger partial charge is 0.124 e. The van der Waals surface area contributed by atoms with Crippen molar-refractivity contribution in [3.05, 3.63) is 28.2 Å². The van der Waals surface area contributed by atoms with Crippen LogP contribution < -0.4 is 10.1 Å². The molecule has 0 saturated heterocycles. The van der Waals surface area contributed by atoms with Crippen LogP contribution in [0.25, 0.3) is 0 Å². The zero-order valence-electron chi connectivity index (χ0n) is 10.4. The Bertz CT molecular complexity index is 344. The molecule has 0 aliphatic heterocycles. The Labute approximate surface area is 111 Å². The second-order valence-electron chi connectivity index (χ2n) is 3.97. The molecule has 96 valence electrons. The van der Waals surface area contributed by atoms with Gasteiger partial charge in [-0.3, -0.25) is 0 Å². The van der Waals surface area contributed by atoms with E-state index in [4.69, 9.17) is 9.84 Å². The zero-order valence-corrected chi connectivity index (χ0v) is 12.0. The monoisotopic (exact) mass is 301 g/mol. The summed E-state index contributed by atoms with van der Waals surface area (Å²) < 4.78 is 6.80. The largest absolute Gasteiger partial charge is 0.493 e. The first-order valence-corrected chi connectivity index (χ1v) is 6.68. The fourth-order valence-corrected chi connectivity index (χ4v) is 1.92. The molecule has 1 atom stereocenters. The van der Waals surface area contributed by atoms with Gasteiger partial charge in [-0.25, -0.2) is 0 Å². The third kappa shape index (κ3) is 4.66. The standard InChI is InChI=1S/C13H20BrNO2/c1-10(15-2)12-9-11(14)5-6-13(12)17-8-4-3-7-16/h5-6,9-10,15-16H,3-4,7-8H2,1-2H3. The molecule has 0 radical (unpaired) electrons. The van der Waals surface area contributed by atoms with Gasteiger partial charge in [0.15, 0.2) is 0 Å². The molecule has 4 heteroatoms. The number of nitrogens with one attached hydrogen (secondary N) is 1. The quantitative estimate of drug-likeness (QED) is 0.761. The first kappa shape index (κ1) is 14.5. The van der Waals surface area contributed by atoms with Crippen molar-refractivity contribution in [3.8, 4) is 5.75 Å². The zero-order chi connectivity index (χ0) is 12.7. The summed E-state index contributed by atoms with van der Waals surface area (Å²) in [4.78, 5) is 0. The van der Waals surface area contributed by atoms with E-state index in [2.05, 4.69) is 34.2 Å². The van der Waals surface area contributed by atoms with Crippen LogP contribution in [0.1, 0.15) is 31.4 Å². The Morgan fingerprint density at radius 2 is 2.18 bits per heavy atom. The Balaban J connectivity index is 2.69. The van der Waals surface area contributed by atoms with Gasteiger partial charge in [-0.1, -0.05) is 15.9 Å². The lowest BCUT2D eigenvalue weighted by Crippen LogP contribution is -2.14. The normalized spacial score (nSPS) is 12.5. The third-order valence-corrected chi connectivity index (χ3v) is 3.17. The number of hydrogen-bond acceptors (Lipinski definition) is 3. The molecular formula is C13H20BrNO2. The minimum atomic E-state index is 0.226. The molecule has 0 aliphatic rings. The molecule has 0 amide bonds. The lowest BCUT2D eigenvalue weighted by molar-refractivity contribution is 0.251. The van der Waals surface area contributed by atoms with E-state index in [1.165, 1.54) is 0 Å². The molecule has 1 aromatic rings. The van der Waals surface area contributed by atoms with Crippen molar-refractivity contribution in [1.29, 1.82) is 0 Å². The van der Waals surface area contributed by atoms with E-state index in [1.54, 1.807) is 0 Å². The van der Waals surface area contributed by atoms with Gasteiger partial charge in [0.25, 0.3) is 0 Å². The Hall–Kier alpha value is -0.580. The number of hydrogen-bond donors (Lipinski definition) is 2. The van der Waals surface area contributed by atoms with E-state index in [9.17, 15) is 0 Å². The van der Waals surface area contributed by atoms with E-state index in [-0.39, 0.29) is 12.6 Å². The predicted molar refractivity (Wildman–Crippen MR) is 73.4 cm³/mol. The number of benzene rings is 1. The van der Waals surface area contributed by atoms with Crippen molar-refractivity contribution in [2.24, 2.45) is 0 Å². The maximum Gasteiger partial charge on any atom is 0.124 e. The van der Waals surface area contributed by atoms with Crippen molar-refractivity contribution in [2.45, 2.75) is 25.8 Å². The molecule has 17 heavy (non-hydrogen) atoms. The Kier molecular flexibility index (Phi) is 6.55. The number of aliphatic hydroxyl groups is 1. The van der Waals surface area contributed by atoms with E-state index >= 15 is 0 Å². The maximum atomic E-state index is 8.71. The fraction of sp³-hybridized carbons (Fsp3) is 0.538. The molecule has 0 spiro atoms. The summed E-state index contributed by atoms with van der Waals surface area (Å²) >= 11 is 3.47. The SMILES string of the molecule is CNC(C)c1cc(Br)ccc1OCCCCO. The van der Waals surface area contributed by atoms with E-state index in [1.807, 2.05) is 19.2 Å². The van der Waals surface area contributed by atoms with Gasteiger partial charge in [0.05, 0.1) is 6.61 Å². The molecule has 1 rings (SSSR count). The van der Waals surface area contributed by atoms with Crippen molar-refractivity contribution in [2.75, 3.05) is 20.3 Å². The summed E-state index contributed by atoms with van der Waals surface area (Å²) in [5.74, 6) is 0.910. The number of unbranched alkanes of at least 4 members (excludes halogenated alkanes) is 1. The minimum absolute atomic E-state index is 0.226. The number of ether oxygens (including phenoxy) is 1. The molecule has 0 saturated carbocycles. The minimum Gasteiger partial charge on any atom is -0.493 e. The molecule has 1 unspecified atom stereocenters. The van der Waals surface area contributed by atoms with E-state index in [0.717, 1.165) is 28.6 Å². The summed E-state index contributed by atoms with van der Waals surface area (Å²) in [5.41, 5.74) is 1.14. The molecule has 0 heterocycles. The summed E-state index contributed by atoms with van der Waals surface area (Å²) in [7, 11) is 1.93. The van der Waals surface area contributed by atoms with Crippen molar-refractivity contribution < 1.29 is 9.84 Å². The lowest BCUT2D eigenvalue weighted by Gasteiger charge is -2.17. The van der Waals surface area contributed by atoms with Crippen LogP contribution in [0.4, 0.5) is 0 Å². The molecule has 2 N–H and O–H groups in total. The van der Waals surface area contributed by atoms with Crippen LogP contribution >= 0.6 is 15.9 Å². The number of aliphatic hydroxyl groups excluding tert-OH is 1. The van der Waals surface area contributed by atoms with Gasteiger partial charge in [-0.05, 0) is 45.0 Å². The molecule has 0 aromatic heterocycles. The highest BCUT2D eigenvalue weighted by molar-refractivity contribution is 9.10. The second kappa shape index (κ2) is 7.69. The second-order valence-corrected chi connectivity index (χ2v) is 4.89. The van der Waals surface area contributed by atoms with Crippen LogP contribution in [-0.2, 0) is 0 Å². The highest BCUT2D eigenvalue weighted by Gasteiger charge is 2.10. The average molecular weight is 302 g/mol. The van der Waals surface area contributed by atoms with Crippen LogP contribution in [0, 0.1) is 0 Å². The maximum absolute atomic E-state index is 8.71. The highest BCUT2D eigenvalue weighted by atomic mass is 79.9. The van der Waals surface area contributed by atoms with Gasteiger partial charge in [-0.2, -0.15) is 0 Å².